The number of benzene rings is 1. The van der Waals surface area contributed by atoms with Crippen molar-refractivity contribution in [1.29, 1.82) is 0 Å². The number of nitrogens with zero attached hydrogens (tertiary/aromatic N) is 2. The van der Waals surface area contributed by atoms with Gasteiger partial charge in [0.2, 0.25) is 5.91 Å². The van der Waals surface area contributed by atoms with Gasteiger partial charge >= 0.3 is 0 Å². The minimum absolute atomic E-state index is 0.168. The summed E-state index contributed by atoms with van der Waals surface area (Å²) < 4.78 is 0. The summed E-state index contributed by atoms with van der Waals surface area (Å²) in [6.07, 6.45) is -0.205. The fraction of sp³-hybridized carbons (Fsp3) is 0.429. The van der Waals surface area contributed by atoms with Gasteiger partial charge in [-0.1, -0.05) is 0 Å². The molecule has 0 spiro atoms. The minimum atomic E-state index is -0.971. The first kappa shape index (κ1) is 19.2. The predicted molar refractivity (Wildman–Crippen MR) is 84.6 cm³/mol. The lowest BCUT2D eigenvalue weighted by Crippen LogP contribution is -2.50. The van der Waals surface area contributed by atoms with Crippen LogP contribution >= 0.6 is 0 Å². The average Bonchev–Trinajstić information content (AvgIpc) is 2.45. The van der Waals surface area contributed by atoms with Crippen molar-refractivity contribution in [3.8, 4) is 0 Å². The van der Waals surface area contributed by atoms with Crippen molar-refractivity contribution in [3.05, 3.63) is 44.0 Å². The third-order valence-corrected chi connectivity index (χ3v) is 3.12. The number of carbonyl (C=O) groups is 2. The fourth-order valence-corrected chi connectivity index (χ4v) is 1.96. The van der Waals surface area contributed by atoms with Gasteiger partial charge in [0.05, 0.1) is 22.0 Å². The van der Waals surface area contributed by atoms with Crippen LogP contribution in [0.4, 0.5) is 11.4 Å². The van der Waals surface area contributed by atoms with Crippen LogP contribution in [0.15, 0.2) is 18.2 Å². The Labute approximate surface area is 137 Å². The molecule has 0 aliphatic carbocycles. The molecule has 10 heteroatoms. The first-order chi connectivity index (χ1) is 10.9. The Balaban J connectivity index is 3.08. The highest BCUT2D eigenvalue weighted by molar-refractivity contribution is 5.98. The van der Waals surface area contributed by atoms with Gasteiger partial charge in [-0.2, -0.15) is 0 Å². The van der Waals surface area contributed by atoms with Crippen LogP contribution < -0.4 is 11.1 Å². The van der Waals surface area contributed by atoms with Crippen LogP contribution in [0.2, 0.25) is 0 Å². The lowest BCUT2D eigenvalue weighted by atomic mass is 9.93. The van der Waals surface area contributed by atoms with Crippen molar-refractivity contribution in [2.75, 3.05) is 0 Å². The molecule has 0 bridgehead atoms. The lowest BCUT2D eigenvalue weighted by molar-refractivity contribution is -0.394. The number of non-ortho nitro benzene ring substituents is 2. The third-order valence-electron chi connectivity index (χ3n) is 3.12. The second kappa shape index (κ2) is 7.13. The van der Waals surface area contributed by atoms with Crippen LogP contribution in [-0.4, -0.2) is 33.1 Å². The second-order valence-corrected chi connectivity index (χ2v) is 6.01. The number of nitro benzene ring substituents is 2. The van der Waals surface area contributed by atoms with Gasteiger partial charge in [-0.05, 0) is 20.8 Å². The highest BCUT2D eigenvalue weighted by atomic mass is 16.6. The highest BCUT2D eigenvalue weighted by Crippen LogP contribution is 2.25. The number of nitro groups is 2. The van der Waals surface area contributed by atoms with Gasteiger partial charge in [0.1, 0.15) is 0 Å². The molecule has 1 unspecified atom stereocenters. The number of Topliss-reactive ketones (excluding diaryl/α,β-unsaturated/α-hetero) is 1. The van der Waals surface area contributed by atoms with Gasteiger partial charge in [-0.15, -0.1) is 0 Å². The summed E-state index contributed by atoms with van der Waals surface area (Å²) in [7, 11) is 0. The average molecular weight is 338 g/mol. The van der Waals surface area contributed by atoms with Gasteiger partial charge in [-0.25, -0.2) is 0 Å². The number of rotatable bonds is 7. The maximum absolute atomic E-state index is 12.3. The van der Waals surface area contributed by atoms with E-state index in [1.807, 2.05) is 0 Å². The normalized spacial score (nSPS) is 12.3. The standard InChI is InChI=1S/C14H18N4O6/c1-8(15)13(20)16-14(2,3)7-12(19)9-4-10(17(21)22)6-11(5-9)18(23)24/h4-6,8H,7,15H2,1-3H3,(H,16,20). The van der Waals surface area contributed by atoms with E-state index in [0.717, 1.165) is 18.2 Å². The molecule has 0 aromatic heterocycles. The Morgan fingerprint density at radius 3 is 2.00 bits per heavy atom. The zero-order valence-corrected chi connectivity index (χ0v) is 13.4. The van der Waals surface area contributed by atoms with Crippen LogP contribution in [0.25, 0.3) is 0 Å². The largest absolute Gasteiger partial charge is 0.349 e. The van der Waals surface area contributed by atoms with E-state index >= 15 is 0 Å². The van der Waals surface area contributed by atoms with E-state index in [9.17, 15) is 29.8 Å². The molecule has 0 saturated heterocycles. The Bertz CT molecular complexity index is 666. The van der Waals surface area contributed by atoms with Crippen molar-refractivity contribution in [2.45, 2.75) is 38.8 Å². The topological polar surface area (TPSA) is 158 Å². The fourth-order valence-electron chi connectivity index (χ4n) is 1.96. The molecule has 0 saturated carbocycles. The maximum atomic E-state index is 12.3. The summed E-state index contributed by atoms with van der Waals surface area (Å²) in [6.45, 7) is 4.64. The van der Waals surface area contributed by atoms with E-state index in [2.05, 4.69) is 5.32 Å². The van der Waals surface area contributed by atoms with Gasteiger partial charge in [-0.3, -0.25) is 29.8 Å². The van der Waals surface area contributed by atoms with E-state index in [1.54, 1.807) is 13.8 Å². The molecule has 0 fully saturated rings. The van der Waals surface area contributed by atoms with Gasteiger partial charge < -0.3 is 11.1 Å². The number of carbonyl (C=O) groups excluding carboxylic acids is 2. The van der Waals surface area contributed by atoms with Crippen molar-refractivity contribution in [2.24, 2.45) is 5.73 Å². The van der Waals surface area contributed by atoms with E-state index in [-0.39, 0.29) is 12.0 Å². The molecule has 10 nitrogen and oxygen atoms in total. The molecule has 1 aromatic carbocycles. The molecule has 1 atom stereocenters. The van der Waals surface area contributed by atoms with E-state index in [4.69, 9.17) is 5.73 Å². The number of amides is 1. The molecular formula is C14H18N4O6. The SMILES string of the molecule is CC(N)C(=O)NC(C)(C)CC(=O)c1cc([N+](=O)[O-])cc([N+](=O)[O-])c1. The number of hydrogen-bond donors (Lipinski definition) is 2. The lowest BCUT2D eigenvalue weighted by Gasteiger charge is -2.26. The molecule has 0 aliphatic heterocycles. The molecular weight excluding hydrogens is 320 g/mol. The van der Waals surface area contributed by atoms with Crippen LogP contribution in [-0.2, 0) is 4.79 Å². The van der Waals surface area contributed by atoms with Gasteiger partial charge in [0, 0.05) is 29.7 Å². The Kier molecular flexibility index (Phi) is 5.69. The van der Waals surface area contributed by atoms with Crippen LogP contribution in [0.3, 0.4) is 0 Å². The minimum Gasteiger partial charge on any atom is -0.349 e. The molecule has 0 heterocycles. The molecule has 1 rings (SSSR count). The molecule has 0 aliphatic rings. The van der Waals surface area contributed by atoms with Gasteiger partial charge in [0.25, 0.3) is 11.4 Å². The third kappa shape index (κ3) is 5.09. The number of nitrogens with one attached hydrogen (secondary N) is 1. The number of nitrogens with two attached hydrogens (primary N) is 1. The second-order valence-electron chi connectivity index (χ2n) is 6.01. The Morgan fingerprint density at radius 1 is 1.17 bits per heavy atom. The van der Waals surface area contributed by atoms with Crippen LogP contribution in [0, 0.1) is 20.2 Å². The van der Waals surface area contributed by atoms with Crippen molar-refractivity contribution in [1.82, 2.24) is 5.32 Å². The Morgan fingerprint density at radius 2 is 1.62 bits per heavy atom. The zero-order valence-electron chi connectivity index (χ0n) is 13.4. The number of hydrogen-bond acceptors (Lipinski definition) is 7. The molecule has 0 radical (unpaired) electrons. The highest BCUT2D eigenvalue weighted by Gasteiger charge is 2.28. The molecule has 3 N–H and O–H groups in total. The van der Waals surface area contributed by atoms with Crippen LogP contribution in [0.1, 0.15) is 37.6 Å². The summed E-state index contributed by atoms with van der Waals surface area (Å²) in [5.74, 6) is -1.03. The summed E-state index contributed by atoms with van der Waals surface area (Å²) in [4.78, 5) is 44.1. The van der Waals surface area contributed by atoms with Crippen molar-refractivity contribution < 1.29 is 19.4 Å². The summed E-state index contributed by atoms with van der Waals surface area (Å²) in [5, 5.41) is 24.3. The molecule has 1 aromatic rings. The summed E-state index contributed by atoms with van der Waals surface area (Å²) in [6, 6.07) is 1.95. The van der Waals surface area contributed by atoms with Crippen LogP contribution in [0.5, 0.6) is 0 Å². The first-order valence-electron chi connectivity index (χ1n) is 6.97. The molecule has 130 valence electrons. The molecule has 24 heavy (non-hydrogen) atoms. The summed E-state index contributed by atoms with van der Waals surface area (Å²) >= 11 is 0. The predicted octanol–water partition coefficient (Wildman–Crippen LogP) is 1.32. The van der Waals surface area contributed by atoms with Gasteiger partial charge in [0.15, 0.2) is 5.78 Å². The molecule has 1 amide bonds. The van der Waals surface area contributed by atoms with E-state index < -0.39 is 44.5 Å². The maximum Gasteiger partial charge on any atom is 0.277 e. The van der Waals surface area contributed by atoms with E-state index in [0.29, 0.717) is 0 Å². The van der Waals surface area contributed by atoms with Crippen molar-refractivity contribution >= 4 is 23.1 Å². The van der Waals surface area contributed by atoms with Crippen molar-refractivity contribution in [3.63, 3.8) is 0 Å². The summed E-state index contributed by atoms with van der Waals surface area (Å²) in [5.41, 5.74) is 3.20. The smallest absolute Gasteiger partial charge is 0.277 e. The first-order valence-corrected chi connectivity index (χ1v) is 6.97. The Hall–Kier alpha value is -2.88. The quantitative estimate of drug-likeness (QED) is 0.431. The number of ketones is 1. The zero-order chi connectivity index (χ0) is 18.7. The monoisotopic (exact) mass is 338 g/mol. The van der Waals surface area contributed by atoms with E-state index in [1.165, 1.54) is 6.92 Å².